The Balaban J connectivity index is 2.19. The number of hydrogen-bond donors (Lipinski definition) is 1. The molecule has 0 unspecified atom stereocenters. The van der Waals surface area contributed by atoms with E-state index in [0.29, 0.717) is 12.1 Å². The largest absolute Gasteiger partial charge is 0.462 e. The number of ether oxygens (including phenoxy) is 1. The first kappa shape index (κ1) is 14.8. The van der Waals surface area contributed by atoms with Crippen LogP contribution in [-0.2, 0) is 4.74 Å². The second kappa shape index (κ2) is 6.25. The Hall–Kier alpha value is -2.57. The average Bonchev–Trinajstić information content (AvgIpc) is 2.43. The van der Waals surface area contributed by atoms with Gasteiger partial charge in [-0.2, -0.15) is 0 Å². The van der Waals surface area contributed by atoms with Gasteiger partial charge in [0.15, 0.2) is 11.6 Å². The number of carbonyl (C=O) groups is 1. The fraction of sp³-hybridized carbons (Fsp3) is 0.143. The van der Waals surface area contributed by atoms with Crippen molar-refractivity contribution < 1.29 is 22.7 Å². The minimum atomic E-state index is -1.08. The van der Waals surface area contributed by atoms with Gasteiger partial charge in [0.1, 0.15) is 17.3 Å². The fourth-order valence-electron chi connectivity index (χ4n) is 1.59. The number of esters is 1. The molecule has 0 atom stereocenters. The SMILES string of the molecule is CCOC(=O)c1ccc(Nc2c(F)cc(F)cc2F)nc1. The van der Waals surface area contributed by atoms with E-state index in [2.05, 4.69) is 10.3 Å². The Kier molecular flexibility index (Phi) is 4.42. The van der Waals surface area contributed by atoms with Crippen LogP contribution < -0.4 is 5.32 Å². The lowest BCUT2D eigenvalue weighted by Crippen LogP contribution is -2.06. The van der Waals surface area contributed by atoms with Gasteiger partial charge in [0.25, 0.3) is 0 Å². The molecule has 4 nitrogen and oxygen atoms in total. The highest BCUT2D eigenvalue weighted by molar-refractivity contribution is 5.89. The van der Waals surface area contributed by atoms with Gasteiger partial charge in [0, 0.05) is 18.3 Å². The number of hydrogen-bond acceptors (Lipinski definition) is 4. The van der Waals surface area contributed by atoms with E-state index in [1.807, 2.05) is 0 Å². The zero-order chi connectivity index (χ0) is 15.4. The standard InChI is InChI=1S/C14H11F3N2O2/c1-2-21-14(20)8-3-4-12(18-7-8)19-13-10(16)5-9(15)6-11(13)17/h3-7H,2H2,1H3,(H,18,19). The number of nitrogens with one attached hydrogen (secondary N) is 1. The summed E-state index contributed by atoms with van der Waals surface area (Å²) in [5.41, 5.74) is -0.310. The molecule has 0 bridgehead atoms. The summed E-state index contributed by atoms with van der Waals surface area (Å²) in [6, 6.07) is 3.86. The van der Waals surface area contributed by atoms with E-state index in [-0.39, 0.29) is 18.0 Å². The van der Waals surface area contributed by atoms with E-state index in [9.17, 15) is 18.0 Å². The number of halogens is 3. The van der Waals surface area contributed by atoms with Gasteiger partial charge >= 0.3 is 5.97 Å². The predicted octanol–water partition coefficient (Wildman–Crippen LogP) is 3.42. The molecule has 0 aliphatic heterocycles. The molecule has 0 radical (unpaired) electrons. The third-order valence-corrected chi connectivity index (χ3v) is 2.53. The zero-order valence-electron chi connectivity index (χ0n) is 11.0. The third-order valence-electron chi connectivity index (χ3n) is 2.53. The summed E-state index contributed by atoms with van der Waals surface area (Å²) < 4.78 is 44.5. The van der Waals surface area contributed by atoms with Crippen LogP contribution in [0.5, 0.6) is 0 Å². The highest BCUT2D eigenvalue weighted by Crippen LogP contribution is 2.23. The minimum Gasteiger partial charge on any atom is -0.462 e. The molecule has 1 aromatic carbocycles. The summed E-state index contributed by atoms with van der Waals surface area (Å²) in [6.45, 7) is 1.90. The van der Waals surface area contributed by atoms with E-state index in [4.69, 9.17) is 4.74 Å². The molecule has 0 saturated heterocycles. The summed E-state index contributed by atoms with van der Waals surface area (Å²) in [5.74, 6) is -3.61. The van der Waals surface area contributed by atoms with Crippen LogP contribution in [0.2, 0.25) is 0 Å². The Labute approximate surface area is 118 Å². The van der Waals surface area contributed by atoms with Gasteiger partial charge in [0.05, 0.1) is 12.2 Å². The maximum atomic E-state index is 13.5. The first-order valence-corrected chi connectivity index (χ1v) is 6.06. The Morgan fingerprint density at radius 2 is 1.90 bits per heavy atom. The van der Waals surface area contributed by atoms with Crippen LogP contribution in [0.4, 0.5) is 24.7 Å². The number of benzene rings is 1. The van der Waals surface area contributed by atoms with Crippen molar-refractivity contribution in [1.29, 1.82) is 0 Å². The Bertz CT molecular complexity index is 637. The highest BCUT2D eigenvalue weighted by atomic mass is 19.1. The number of carbonyl (C=O) groups excluding carboxylic acids is 1. The molecule has 110 valence electrons. The molecule has 0 aliphatic carbocycles. The molecule has 2 rings (SSSR count). The van der Waals surface area contributed by atoms with Gasteiger partial charge in [0.2, 0.25) is 0 Å². The summed E-state index contributed by atoms with van der Waals surface area (Å²) >= 11 is 0. The van der Waals surface area contributed by atoms with Crippen LogP contribution in [-0.4, -0.2) is 17.6 Å². The molecular formula is C14H11F3N2O2. The average molecular weight is 296 g/mol. The molecule has 2 aromatic rings. The van der Waals surface area contributed by atoms with E-state index in [0.717, 1.165) is 0 Å². The smallest absolute Gasteiger partial charge is 0.339 e. The fourth-order valence-corrected chi connectivity index (χ4v) is 1.59. The summed E-state index contributed by atoms with van der Waals surface area (Å²) in [5, 5.41) is 2.39. The van der Waals surface area contributed by atoms with Gasteiger partial charge in [-0.1, -0.05) is 0 Å². The van der Waals surface area contributed by atoms with Crippen LogP contribution in [0, 0.1) is 17.5 Å². The number of nitrogens with zero attached hydrogens (tertiary/aromatic N) is 1. The molecule has 21 heavy (non-hydrogen) atoms. The molecule has 7 heteroatoms. The van der Waals surface area contributed by atoms with Gasteiger partial charge in [-0.25, -0.2) is 22.9 Å². The van der Waals surface area contributed by atoms with Crippen molar-refractivity contribution in [3.63, 3.8) is 0 Å². The Morgan fingerprint density at radius 3 is 2.43 bits per heavy atom. The molecule has 1 N–H and O–H groups in total. The second-order valence-corrected chi connectivity index (χ2v) is 4.02. The first-order valence-electron chi connectivity index (χ1n) is 6.06. The lowest BCUT2D eigenvalue weighted by atomic mass is 10.2. The van der Waals surface area contributed by atoms with Crippen molar-refractivity contribution in [2.45, 2.75) is 6.92 Å². The van der Waals surface area contributed by atoms with Crippen LogP contribution in [0.1, 0.15) is 17.3 Å². The van der Waals surface area contributed by atoms with Crippen molar-refractivity contribution in [3.8, 4) is 0 Å². The van der Waals surface area contributed by atoms with Gasteiger partial charge in [-0.15, -0.1) is 0 Å². The third kappa shape index (κ3) is 3.50. The normalized spacial score (nSPS) is 10.3. The van der Waals surface area contributed by atoms with E-state index in [1.54, 1.807) is 6.92 Å². The molecule has 0 spiro atoms. The van der Waals surface area contributed by atoms with Crippen molar-refractivity contribution in [2.75, 3.05) is 11.9 Å². The molecule has 0 saturated carbocycles. The quantitative estimate of drug-likeness (QED) is 0.878. The van der Waals surface area contributed by atoms with E-state index >= 15 is 0 Å². The molecule has 0 aliphatic rings. The highest BCUT2D eigenvalue weighted by Gasteiger charge is 2.13. The van der Waals surface area contributed by atoms with Crippen LogP contribution in [0.25, 0.3) is 0 Å². The number of aromatic nitrogens is 1. The molecular weight excluding hydrogens is 285 g/mol. The van der Waals surface area contributed by atoms with E-state index < -0.39 is 29.1 Å². The number of anilines is 2. The lowest BCUT2D eigenvalue weighted by molar-refractivity contribution is 0.0526. The molecule has 0 fully saturated rings. The lowest BCUT2D eigenvalue weighted by Gasteiger charge is -2.08. The number of pyridine rings is 1. The van der Waals surface area contributed by atoms with Gasteiger partial charge < -0.3 is 10.1 Å². The topological polar surface area (TPSA) is 51.2 Å². The van der Waals surface area contributed by atoms with Gasteiger partial charge in [-0.05, 0) is 19.1 Å². The Morgan fingerprint density at radius 1 is 1.24 bits per heavy atom. The molecule has 0 amide bonds. The number of rotatable bonds is 4. The summed E-state index contributed by atoms with van der Waals surface area (Å²) in [6.07, 6.45) is 1.21. The van der Waals surface area contributed by atoms with Crippen molar-refractivity contribution in [1.82, 2.24) is 4.98 Å². The monoisotopic (exact) mass is 296 g/mol. The molecule has 1 aromatic heterocycles. The first-order chi connectivity index (χ1) is 10.0. The maximum absolute atomic E-state index is 13.5. The summed E-state index contributed by atoms with van der Waals surface area (Å²) in [4.78, 5) is 15.3. The maximum Gasteiger partial charge on any atom is 0.339 e. The summed E-state index contributed by atoms with van der Waals surface area (Å²) in [7, 11) is 0. The zero-order valence-corrected chi connectivity index (χ0v) is 11.0. The van der Waals surface area contributed by atoms with Crippen LogP contribution in [0.3, 0.4) is 0 Å². The van der Waals surface area contributed by atoms with Crippen molar-refractivity contribution in [3.05, 3.63) is 53.5 Å². The van der Waals surface area contributed by atoms with E-state index in [1.165, 1.54) is 18.3 Å². The van der Waals surface area contributed by atoms with Crippen molar-refractivity contribution >= 4 is 17.5 Å². The van der Waals surface area contributed by atoms with Crippen molar-refractivity contribution in [2.24, 2.45) is 0 Å². The van der Waals surface area contributed by atoms with Crippen LogP contribution in [0.15, 0.2) is 30.5 Å². The minimum absolute atomic E-state index is 0.104. The predicted molar refractivity (Wildman–Crippen MR) is 69.8 cm³/mol. The second-order valence-electron chi connectivity index (χ2n) is 4.02. The van der Waals surface area contributed by atoms with Crippen LogP contribution >= 0.6 is 0 Å². The van der Waals surface area contributed by atoms with Gasteiger partial charge in [-0.3, -0.25) is 0 Å². The molecule has 1 heterocycles.